The Hall–Kier alpha value is -2.47. The topological polar surface area (TPSA) is 85.2 Å². The molecule has 7 heteroatoms. The lowest BCUT2D eigenvalue weighted by molar-refractivity contribution is 0.116. The second-order valence-electron chi connectivity index (χ2n) is 7.38. The Balaban J connectivity index is 1.56. The predicted octanol–water partition coefficient (Wildman–Crippen LogP) is 5.47. The van der Waals surface area contributed by atoms with Crippen LogP contribution in [-0.2, 0) is 33.4 Å². The molecule has 3 aromatic rings. The van der Waals surface area contributed by atoms with Crippen molar-refractivity contribution in [1.29, 1.82) is 0 Å². The molecule has 0 heterocycles. The molecular formula is C24H27O6P. The minimum absolute atomic E-state index is 0.00889. The van der Waals surface area contributed by atoms with Gasteiger partial charge in [-0.15, -0.1) is 0 Å². The van der Waals surface area contributed by atoms with Gasteiger partial charge in [0.15, 0.2) is 0 Å². The van der Waals surface area contributed by atoms with Crippen LogP contribution >= 0.6 is 7.82 Å². The highest BCUT2D eigenvalue weighted by Crippen LogP contribution is 2.45. The van der Waals surface area contributed by atoms with Gasteiger partial charge in [0.1, 0.15) is 12.4 Å². The molecule has 0 amide bonds. The van der Waals surface area contributed by atoms with Crippen LogP contribution < -0.4 is 4.74 Å². The van der Waals surface area contributed by atoms with Crippen LogP contribution in [-0.4, -0.2) is 16.1 Å². The summed E-state index contributed by atoms with van der Waals surface area (Å²) in [5, 5.41) is 9.22. The van der Waals surface area contributed by atoms with E-state index < -0.39 is 13.9 Å². The van der Waals surface area contributed by atoms with E-state index in [9.17, 15) is 14.6 Å². The standard InChI is InChI=1S/C24H27O6P/c1-18(2)30-31(26,27)29-17-19-6-8-22(9-7-19)23-10-12-24(13-11-23)28-16-21-5-3-4-20(14-21)15-25/h3-14,18,25H,15-17H2,1-2H3,(H,26,27). The number of phosphoric acid groups is 1. The Morgan fingerprint density at radius 2 is 1.45 bits per heavy atom. The summed E-state index contributed by atoms with van der Waals surface area (Å²) in [6.45, 7) is 3.78. The first-order valence-electron chi connectivity index (χ1n) is 10.0. The highest BCUT2D eigenvalue weighted by atomic mass is 31.2. The summed E-state index contributed by atoms with van der Waals surface area (Å²) < 4.78 is 27.5. The van der Waals surface area contributed by atoms with Crippen LogP contribution in [0.15, 0.2) is 72.8 Å². The van der Waals surface area contributed by atoms with Gasteiger partial charge in [0.05, 0.1) is 19.3 Å². The molecule has 1 atom stereocenters. The minimum Gasteiger partial charge on any atom is -0.489 e. The third-order valence-electron chi connectivity index (χ3n) is 4.46. The van der Waals surface area contributed by atoms with Crippen molar-refractivity contribution in [3.63, 3.8) is 0 Å². The first kappa shape index (κ1) is 23.2. The van der Waals surface area contributed by atoms with Crippen LogP contribution in [0.1, 0.15) is 30.5 Å². The van der Waals surface area contributed by atoms with Gasteiger partial charge < -0.3 is 14.7 Å². The molecule has 0 bridgehead atoms. The van der Waals surface area contributed by atoms with Crippen LogP contribution in [0.3, 0.4) is 0 Å². The molecule has 0 aromatic heterocycles. The molecule has 3 rings (SSSR count). The minimum atomic E-state index is -4.05. The lowest BCUT2D eigenvalue weighted by Crippen LogP contribution is -2.02. The highest BCUT2D eigenvalue weighted by Gasteiger charge is 2.22. The number of aliphatic hydroxyl groups is 1. The zero-order valence-electron chi connectivity index (χ0n) is 17.6. The normalized spacial score (nSPS) is 13.2. The van der Waals surface area contributed by atoms with Crippen LogP contribution in [0.2, 0.25) is 0 Å². The van der Waals surface area contributed by atoms with Gasteiger partial charge in [0, 0.05) is 0 Å². The van der Waals surface area contributed by atoms with Gasteiger partial charge in [-0.25, -0.2) is 4.57 Å². The zero-order valence-corrected chi connectivity index (χ0v) is 18.5. The maximum Gasteiger partial charge on any atom is 0.472 e. The van der Waals surface area contributed by atoms with Gasteiger partial charge in [-0.1, -0.05) is 60.7 Å². The molecule has 0 aliphatic rings. The average Bonchev–Trinajstić information content (AvgIpc) is 2.76. The predicted molar refractivity (Wildman–Crippen MR) is 119 cm³/mol. The van der Waals surface area contributed by atoms with E-state index in [1.807, 2.05) is 72.8 Å². The largest absolute Gasteiger partial charge is 0.489 e. The second kappa shape index (κ2) is 10.7. The molecule has 6 nitrogen and oxygen atoms in total. The van der Waals surface area contributed by atoms with Crippen LogP contribution in [0.4, 0.5) is 0 Å². The van der Waals surface area contributed by atoms with E-state index in [-0.39, 0.29) is 13.2 Å². The Morgan fingerprint density at radius 1 is 0.839 bits per heavy atom. The number of rotatable bonds is 10. The van der Waals surface area contributed by atoms with E-state index in [0.29, 0.717) is 6.61 Å². The van der Waals surface area contributed by atoms with Crippen LogP contribution in [0, 0.1) is 0 Å². The van der Waals surface area contributed by atoms with Gasteiger partial charge in [-0.05, 0) is 53.8 Å². The zero-order chi connectivity index (χ0) is 22.3. The second-order valence-corrected chi connectivity index (χ2v) is 8.79. The Kier molecular flexibility index (Phi) is 8.02. The van der Waals surface area contributed by atoms with Gasteiger partial charge in [-0.2, -0.15) is 0 Å². The van der Waals surface area contributed by atoms with Gasteiger partial charge in [-0.3, -0.25) is 9.05 Å². The van der Waals surface area contributed by atoms with E-state index in [4.69, 9.17) is 13.8 Å². The average molecular weight is 442 g/mol. The van der Waals surface area contributed by atoms with Crippen molar-refractivity contribution >= 4 is 7.82 Å². The van der Waals surface area contributed by atoms with Crippen molar-refractivity contribution in [3.8, 4) is 16.9 Å². The maximum absolute atomic E-state index is 11.8. The third kappa shape index (κ3) is 7.31. The Morgan fingerprint density at radius 3 is 2.06 bits per heavy atom. The quantitative estimate of drug-likeness (QED) is 0.405. The Labute approximate surface area is 182 Å². The van der Waals surface area contributed by atoms with E-state index in [0.717, 1.165) is 33.6 Å². The van der Waals surface area contributed by atoms with E-state index >= 15 is 0 Å². The fourth-order valence-electron chi connectivity index (χ4n) is 2.97. The van der Waals surface area contributed by atoms with Crippen molar-refractivity contribution in [2.75, 3.05) is 0 Å². The molecule has 0 aliphatic carbocycles. The van der Waals surface area contributed by atoms with E-state index in [1.54, 1.807) is 13.8 Å². The number of hydrogen-bond acceptors (Lipinski definition) is 5. The smallest absolute Gasteiger partial charge is 0.472 e. The monoisotopic (exact) mass is 442 g/mol. The van der Waals surface area contributed by atoms with Gasteiger partial charge in [0.2, 0.25) is 0 Å². The molecule has 1 unspecified atom stereocenters. The van der Waals surface area contributed by atoms with Crippen LogP contribution in [0.5, 0.6) is 5.75 Å². The fraction of sp³-hybridized carbons (Fsp3) is 0.250. The summed E-state index contributed by atoms with van der Waals surface area (Å²) in [7, 11) is -4.05. The molecule has 0 saturated carbocycles. The van der Waals surface area contributed by atoms with Gasteiger partial charge >= 0.3 is 7.82 Å². The third-order valence-corrected chi connectivity index (χ3v) is 5.60. The summed E-state index contributed by atoms with van der Waals surface area (Å²) in [5.74, 6) is 0.757. The highest BCUT2D eigenvalue weighted by molar-refractivity contribution is 7.47. The van der Waals surface area contributed by atoms with E-state index in [2.05, 4.69) is 0 Å². The summed E-state index contributed by atoms with van der Waals surface area (Å²) >= 11 is 0. The molecule has 31 heavy (non-hydrogen) atoms. The number of aliphatic hydroxyl groups excluding tert-OH is 1. The molecule has 0 radical (unpaired) electrons. The van der Waals surface area contributed by atoms with Crippen molar-refractivity contribution < 1.29 is 28.3 Å². The number of benzene rings is 3. The van der Waals surface area contributed by atoms with E-state index in [1.165, 1.54) is 0 Å². The summed E-state index contributed by atoms with van der Waals surface area (Å²) in [6.07, 6.45) is -0.393. The molecule has 0 aliphatic heterocycles. The molecule has 164 valence electrons. The van der Waals surface area contributed by atoms with Crippen molar-refractivity contribution in [3.05, 3.63) is 89.5 Å². The number of phosphoric ester groups is 1. The lowest BCUT2D eigenvalue weighted by atomic mass is 10.0. The fourth-order valence-corrected chi connectivity index (χ4v) is 3.88. The summed E-state index contributed by atoms with van der Waals surface area (Å²) in [6, 6.07) is 23.0. The number of hydrogen-bond donors (Lipinski definition) is 2. The Bertz CT molecular complexity index is 1010. The number of ether oxygens (including phenoxy) is 1. The SMILES string of the molecule is CC(C)OP(=O)(O)OCc1ccc(-c2ccc(OCc3cccc(CO)c3)cc2)cc1. The molecule has 2 N–H and O–H groups in total. The van der Waals surface area contributed by atoms with Crippen LogP contribution in [0.25, 0.3) is 11.1 Å². The molecule has 0 saturated heterocycles. The molecule has 3 aromatic carbocycles. The molecule has 0 spiro atoms. The molecular weight excluding hydrogens is 415 g/mol. The lowest BCUT2D eigenvalue weighted by Gasteiger charge is -2.14. The summed E-state index contributed by atoms with van der Waals surface area (Å²) in [4.78, 5) is 9.64. The summed E-state index contributed by atoms with van der Waals surface area (Å²) in [5.41, 5.74) is 4.67. The maximum atomic E-state index is 11.8. The first-order valence-corrected chi connectivity index (χ1v) is 11.5. The molecule has 0 fully saturated rings. The van der Waals surface area contributed by atoms with Crippen molar-refractivity contribution in [2.24, 2.45) is 0 Å². The van der Waals surface area contributed by atoms with Gasteiger partial charge in [0.25, 0.3) is 0 Å². The van der Waals surface area contributed by atoms with Crippen molar-refractivity contribution in [1.82, 2.24) is 0 Å². The van der Waals surface area contributed by atoms with Crippen molar-refractivity contribution in [2.45, 2.75) is 39.8 Å². The first-order chi connectivity index (χ1) is 14.8.